The van der Waals surface area contributed by atoms with Gasteiger partial charge in [-0.2, -0.15) is 0 Å². The molecular formula is C12H16N2O3. The minimum atomic E-state index is -0.590. The molecule has 3 N–H and O–H groups in total. The van der Waals surface area contributed by atoms with Gasteiger partial charge >= 0.3 is 6.03 Å². The van der Waals surface area contributed by atoms with Gasteiger partial charge in [0.15, 0.2) is 0 Å². The second-order valence-corrected chi connectivity index (χ2v) is 3.72. The van der Waals surface area contributed by atoms with Gasteiger partial charge in [0.05, 0.1) is 12.6 Å². The SMILES string of the molecule is CC(=O)NC(=O)N[C@@H](CO)Cc1ccccc1. The van der Waals surface area contributed by atoms with Gasteiger partial charge in [0.2, 0.25) is 5.91 Å². The maximum Gasteiger partial charge on any atom is 0.321 e. The van der Waals surface area contributed by atoms with E-state index in [9.17, 15) is 9.59 Å². The van der Waals surface area contributed by atoms with Gasteiger partial charge in [-0.1, -0.05) is 30.3 Å². The first-order valence-corrected chi connectivity index (χ1v) is 5.34. The number of amides is 3. The highest BCUT2D eigenvalue weighted by molar-refractivity contribution is 5.93. The third-order valence-electron chi connectivity index (χ3n) is 2.17. The lowest BCUT2D eigenvalue weighted by Crippen LogP contribution is -2.46. The lowest BCUT2D eigenvalue weighted by Gasteiger charge is -2.16. The van der Waals surface area contributed by atoms with Gasteiger partial charge in [0.25, 0.3) is 0 Å². The van der Waals surface area contributed by atoms with E-state index in [1.807, 2.05) is 30.3 Å². The molecule has 0 spiro atoms. The molecule has 0 fully saturated rings. The number of aliphatic hydroxyl groups is 1. The fourth-order valence-corrected chi connectivity index (χ4v) is 1.44. The molecule has 5 nitrogen and oxygen atoms in total. The normalized spacial score (nSPS) is 11.6. The molecule has 0 heterocycles. The standard InChI is InChI=1S/C12H16N2O3/c1-9(16)13-12(17)14-11(8-15)7-10-5-3-2-4-6-10/h2-6,11,15H,7-8H2,1H3,(H2,13,14,16,17)/t11-/m1/s1. The minimum Gasteiger partial charge on any atom is -0.394 e. The second kappa shape index (κ2) is 6.65. The fourth-order valence-electron chi connectivity index (χ4n) is 1.44. The van der Waals surface area contributed by atoms with Crippen LogP contribution >= 0.6 is 0 Å². The first-order chi connectivity index (χ1) is 8.11. The number of hydrogen-bond acceptors (Lipinski definition) is 3. The van der Waals surface area contributed by atoms with Crippen molar-refractivity contribution in [2.24, 2.45) is 0 Å². The molecule has 0 aliphatic heterocycles. The number of carbonyl (C=O) groups is 2. The Morgan fingerprint density at radius 2 is 1.94 bits per heavy atom. The van der Waals surface area contributed by atoms with E-state index in [1.165, 1.54) is 6.92 Å². The summed E-state index contributed by atoms with van der Waals surface area (Å²) in [5.41, 5.74) is 1.01. The van der Waals surface area contributed by atoms with E-state index >= 15 is 0 Å². The summed E-state index contributed by atoms with van der Waals surface area (Å²) >= 11 is 0. The molecular weight excluding hydrogens is 220 g/mol. The monoisotopic (exact) mass is 236 g/mol. The van der Waals surface area contributed by atoms with Gasteiger partial charge < -0.3 is 10.4 Å². The molecule has 0 aliphatic rings. The summed E-state index contributed by atoms with van der Waals surface area (Å²) < 4.78 is 0. The molecule has 0 bridgehead atoms. The Morgan fingerprint density at radius 1 is 1.29 bits per heavy atom. The highest BCUT2D eigenvalue weighted by Crippen LogP contribution is 2.02. The summed E-state index contributed by atoms with van der Waals surface area (Å²) in [5.74, 6) is -0.432. The van der Waals surface area contributed by atoms with Crippen molar-refractivity contribution in [3.8, 4) is 0 Å². The van der Waals surface area contributed by atoms with Crippen molar-refractivity contribution in [1.29, 1.82) is 0 Å². The molecule has 0 saturated carbocycles. The first-order valence-electron chi connectivity index (χ1n) is 5.34. The predicted molar refractivity (Wildman–Crippen MR) is 63.4 cm³/mol. The van der Waals surface area contributed by atoms with Crippen molar-refractivity contribution in [1.82, 2.24) is 10.6 Å². The lowest BCUT2D eigenvalue weighted by molar-refractivity contribution is -0.117. The number of aliphatic hydroxyl groups excluding tert-OH is 1. The molecule has 1 rings (SSSR count). The molecule has 0 unspecified atom stereocenters. The van der Waals surface area contributed by atoms with Crippen LogP contribution in [0.4, 0.5) is 4.79 Å². The quantitative estimate of drug-likeness (QED) is 0.709. The average Bonchev–Trinajstić information content (AvgIpc) is 2.28. The summed E-state index contributed by atoms with van der Waals surface area (Å²) in [4.78, 5) is 21.9. The van der Waals surface area contributed by atoms with Gasteiger partial charge in [0, 0.05) is 6.92 Å². The summed E-state index contributed by atoms with van der Waals surface area (Å²) in [6, 6.07) is 8.50. The van der Waals surface area contributed by atoms with Crippen LogP contribution in [0.15, 0.2) is 30.3 Å². The average molecular weight is 236 g/mol. The minimum absolute atomic E-state index is 0.180. The molecule has 17 heavy (non-hydrogen) atoms. The number of nitrogens with one attached hydrogen (secondary N) is 2. The molecule has 1 atom stereocenters. The molecule has 0 aromatic heterocycles. The van der Waals surface area contributed by atoms with Crippen LogP contribution in [0.1, 0.15) is 12.5 Å². The molecule has 0 radical (unpaired) electrons. The highest BCUT2D eigenvalue weighted by Gasteiger charge is 2.12. The van der Waals surface area contributed by atoms with Crippen LogP contribution in [-0.4, -0.2) is 29.7 Å². The Balaban J connectivity index is 2.49. The van der Waals surface area contributed by atoms with E-state index in [4.69, 9.17) is 5.11 Å². The van der Waals surface area contributed by atoms with Crippen LogP contribution in [0.3, 0.4) is 0 Å². The number of carbonyl (C=O) groups excluding carboxylic acids is 2. The number of benzene rings is 1. The zero-order valence-electron chi connectivity index (χ0n) is 9.64. The van der Waals surface area contributed by atoms with Crippen LogP contribution in [-0.2, 0) is 11.2 Å². The van der Waals surface area contributed by atoms with Crippen molar-refractivity contribution < 1.29 is 14.7 Å². The Kier molecular flexibility index (Phi) is 5.16. The molecule has 92 valence electrons. The van der Waals surface area contributed by atoms with Crippen LogP contribution in [0, 0.1) is 0 Å². The van der Waals surface area contributed by atoms with Gasteiger partial charge in [-0.3, -0.25) is 10.1 Å². The van der Waals surface area contributed by atoms with Crippen LogP contribution in [0.2, 0.25) is 0 Å². The largest absolute Gasteiger partial charge is 0.394 e. The van der Waals surface area contributed by atoms with Gasteiger partial charge in [-0.15, -0.1) is 0 Å². The topological polar surface area (TPSA) is 78.4 Å². The number of imide groups is 1. The molecule has 0 saturated heterocycles. The molecule has 1 aromatic carbocycles. The third-order valence-corrected chi connectivity index (χ3v) is 2.17. The van der Waals surface area contributed by atoms with E-state index in [-0.39, 0.29) is 6.61 Å². The van der Waals surface area contributed by atoms with Crippen LogP contribution < -0.4 is 10.6 Å². The van der Waals surface area contributed by atoms with E-state index in [2.05, 4.69) is 10.6 Å². The summed E-state index contributed by atoms with van der Waals surface area (Å²) in [6.07, 6.45) is 0.517. The molecule has 3 amide bonds. The highest BCUT2D eigenvalue weighted by atomic mass is 16.3. The number of hydrogen-bond donors (Lipinski definition) is 3. The Labute approximate surface area is 99.8 Å². The molecule has 1 aromatic rings. The van der Waals surface area contributed by atoms with Crippen molar-refractivity contribution in [3.63, 3.8) is 0 Å². The van der Waals surface area contributed by atoms with Gasteiger partial charge in [-0.05, 0) is 12.0 Å². The zero-order valence-corrected chi connectivity index (χ0v) is 9.64. The second-order valence-electron chi connectivity index (χ2n) is 3.72. The maximum atomic E-state index is 11.3. The summed E-state index contributed by atoms with van der Waals surface area (Å²) in [7, 11) is 0. The number of rotatable bonds is 4. The van der Waals surface area contributed by atoms with Gasteiger partial charge in [-0.25, -0.2) is 4.79 Å². The number of urea groups is 1. The van der Waals surface area contributed by atoms with E-state index in [0.29, 0.717) is 6.42 Å². The lowest BCUT2D eigenvalue weighted by atomic mass is 10.1. The zero-order chi connectivity index (χ0) is 12.7. The Morgan fingerprint density at radius 3 is 2.47 bits per heavy atom. The third kappa shape index (κ3) is 5.12. The van der Waals surface area contributed by atoms with Crippen molar-refractivity contribution in [2.75, 3.05) is 6.61 Å². The van der Waals surface area contributed by atoms with E-state index < -0.39 is 18.0 Å². The smallest absolute Gasteiger partial charge is 0.321 e. The summed E-state index contributed by atoms with van der Waals surface area (Å²) in [6.45, 7) is 1.07. The molecule has 5 heteroatoms. The van der Waals surface area contributed by atoms with Gasteiger partial charge in [0.1, 0.15) is 0 Å². The Hall–Kier alpha value is -1.88. The van der Waals surface area contributed by atoms with Crippen LogP contribution in [0.5, 0.6) is 0 Å². The van der Waals surface area contributed by atoms with Crippen molar-refractivity contribution in [3.05, 3.63) is 35.9 Å². The molecule has 0 aliphatic carbocycles. The van der Waals surface area contributed by atoms with Crippen molar-refractivity contribution >= 4 is 11.9 Å². The summed E-state index contributed by atoms with van der Waals surface area (Å²) in [5, 5.41) is 13.8. The van der Waals surface area contributed by atoms with E-state index in [1.54, 1.807) is 0 Å². The fraction of sp³-hybridized carbons (Fsp3) is 0.333. The Bertz CT molecular complexity index is 379. The van der Waals surface area contributed by atoms with E-state index in [0.717, 1.165) is 5.56 Å². The first kappa shape index (κ1) is 13.2. The maximum absolute atomic E-state index is 11.3. The predicted octanol–water partition coefficient (Wildman–Crippen LogP) is 0.436. The van der Waals surface area contributed by atoms with Crippen LogP contribution in [0.25, 0.3) is 0 Å². The van der Waals surface area contributed by atoms with Crippen molar-refractivity contribution in [2.45, 2.75) is 19.4 Å².